The van der Waals surface area contributed by atoms with Crippen molar-refractivity contribution in [1.82, 2.24) is 19.6 Å². The van der Waals surface area contributed by atoms with Crippen LogP contribution in [0.3, 0.4) is 0 Å². The van der Waals surface area contributed by atoms with E-state index >= 15 is 0 Å². The van der Waals surface area contributed by atoms with Crippen LogP contribution in [0.25, 0.3) is 0 Å². The number of allylic oxidation sites excluding steroid dienone is 2. The molecule has 29 heavy (non-hydrogen) atoms. The summed E-state index contributed by atoms with van der Waals surface area (Å²) in [6.45, 7) is 7.67. The van der Waals surface area contributed by atoms with Crippen molar-refractivity contribution in [2.75, 3.05) is 31.6 Å². The molecule has 1 amide bonds. The van der Waals surface area contributed by atoms with Gasteiger partial charge in [-0.25, -0.2) is 8.42 Å². The number of carbonyl (C=O) groups excluding carboxylic acids is 1. The van der Waals surface area contributed by atoms with Crippen molar-refractivity contribution in [3.05, 3.63) is 28.7 Å². The first-order valence-corrected chi connectivity index (χ1v) is 12.5. The Morgan fingerprint density at radius 1 is 1.31 bits per heavy atom. The van der Waals surface area contributed by atoms with E-state index in [0.717, 1.165) is 36.2 Å². The summed E-state index contributed by atoms with van der Waals surface area (Å²) < 4.78 is 25.6. The van der Waals surface area contributed by atoms with E-state index < -0.39 is 9.84 Å². The largest absolute Gasteiger partial charge is 0.316 e. The van der Waals surface area contributed by atoms with Crippen LogP contribution in [0, 0.1) is 13.8 Å². The van der Waals surface area contributed by atoms with Crippen LogP contribution in [-0.4, -0.2) is 65.5 Å². The van der Waals surface area contributed by atoms with Gasteiger partial charge in [0.25, 0.3) is 0 Å². The molecule has 1 aromatic heterocycles. The molecule has 1 aliphatic carbocycles. The Labute approximate surface area is 174 Å². The zero-order valence-electron chi connectivity index (χ0n) is 18.1. The monoisotopic (exact) mass is 422 g/mol. The van der Waals surface area contributed by atoms with Crippen LogP contribution < -0.4 is 0 Å². The Kier molecular flexibility index (Phi) is 6.83. The van der Waals surface area contributed by atoms with E-state index in [1.54, 1.807) is 0 Å². The van der Waals surface area contributed by atoms with Gasteiger partial charge in [-0.2, -0.15) is 5.10 Å². The van der Waals surface area contributed by atoms with Gasteiger partial charge in [0, 0.05) is 30.0 Å². The molecule has 1 saturated heterocycles. The summed E-state index contributed by atoms with van der Waals surface area (Å²) in [6.07, 6.45) is 7.24. The second-order valence-electron chi connectivity index (χ2n) is 8.40. The third kappa shape index (κ3) is 5.09. The normalized spacial score (nSPS) is 21.4. The third-order valence-corrected chi connectivity index (χ3v) is 7.84. The summed E-state index contributed by atoms with van der Waals surface area (Å²) in [5.74, 6) is 0.541. The molecule has 0 N–H and O–H groups in total. The molecule has 7 nitrogen and oxygen atoms in total. The molecule has 1 atom stereocenters. The lowest BCUT2D eigenvalue weighted by Gasteiger charge is -2.28. The molecule has 2 heterocycles. The van der Waals surface area contributed by atoms with E-state index in [1.807, 2.05) is 42.3 Å². The van der Waals surface area contributed by atoms with Gasteiger partial charge in [0.05, 0.1) is 29.8 Å². The van der Waals surface area contributed by atoms with E-state index in [-0.39, 0.29) is 23.5 Å². The van der Waals surface area contributed by atoms with Gasteiger partial charge in [-0.15, -0.1) is 0 Å². The van der Waals surface area contributed by atoms with Crippen molar-refractivity contribution in [2.24, 2.45) is 0 Å². The van der Waals surface area contributed by atoms with E-state index in [9.17, 15) is 13.2 Å². The molecule has 1 aromatic rings. The molecule has 0 saturated carbocycles. The highest BCUT2D eigenvalue weighted by Crippen LogP contribution is 2.27. The standard InChI is InChI=1S/C21H34N4O3S/c1-5-24(18-9-7-6-8-10-18)21(26)14-23(4)13-20-16(2)22-25(17(20)3)19-11-12-29(27,28)15-19/h9,19H,5-8,10-15H2,1-4H3/t19-/m0/s1. The molecule has 0 unspecified atom stereocenters. The van der Waals surface area contributed by atoms with E-state index in [1.165, 1.54) is 12.1 Å². The maximum Gasteiger partial charge on any atom is 0.240 e. The smallest absolute Gasteiger partial charge is 0.240 e. The van der Waals surface area contributed by atoms with Gasteiger partial charge >= 0.3 is 0 Å². The van der Waals surface area contributed by atoms with Gasteiger partial charge in [0.1, 0.15) is 0 Å². The number of likely N-dealkylation sites (N-methyl/N-ethyl adjacent to an activating group) is 2. The lowest BCUT2D eigenvalue weighted by atomic mass is 10.0. The molecule has 0 bridgehead atoms. The molecule has 0 aromatic carbocycles. The molecular formula is C21H34N4O3S. The van der Waals surface area contributed by atoms with Gasteiger partial charge < -0.3 is 4.90 Å². The average Bonchev–Trinajstić information content (AvgIpc) is 3.16. The number of hydrogen-bond acceptors (Lipinski definition) is 5. The molecule has 1 fully saturated rings. The fraction of sp³-hybridized carbons (Fsp3) is 0.714. The predicted octanol–water partition coefficient (Wildman–Crippen LogP) is 2.60. The van der Waals surface area contributed by atoms with Crippen molar-refractivity contribution < 1.29 is 13.2 Å². The summed E-state index contributed by atoms with van der Waals surface area (Å²) in [7, 11) is -0.997. The van der Waals surface area contributed by atoms with Crippen LogP contribution in [0.2, 0.25) is 0 Å². The first kappa shape index (κ1) is 22.0. The minimum absolute atomic E-state index is 0.0757. The summed E-state index contributed by atoms with van der Waals surface area (Å²) in [6, 6.07) is -0.0757. The second kappa shape index (κ2) is 9.00. The molecule has 1 aliphatic heterocycles. The van der Waals surface area contributed by atoms with Crippen molar-refractivity contribution in [3.63, 3.8) is 0 Å². The van der Waals surface area contributed by atoms with Crippen molar-refractivity contribution >= 4 is 15.7 Å². The highest BCUT2D eigenvalue weighted by atomic mass is 32.2. The van der Waals surface area contributed by atoms with Crippen molar-refractivity contribution in [3.8, 4) is 0 Å². The number of hydrogen-bond donors (Lipinski definition) is 0. The molecule has 3 rings (SSSR count). The quantitative estimate of drug-likeness (QED) is 0.675. The molecule has 8 heteroatoms. The number of sulfone groups is 1. The average molecular weight is 423 g/mol. The lowest BCUT2D eigenvalue weighted by Crippen LogP contribution is -2.38. The summed E-state index contributed by atoms with van der Waals surface area (Å²) in [5, 5.41) is 4.64. The molecule has 162 valence electrons. The number of aromatic nitrogens is 2. The summed E-state index contributed by atoms with van der Waals surface area (Å²) >= 11 is 0. The summed E-state index contributed by atoms with van der Waals surface area (Å²) in [5.41, 5.74) is 4.17. The third-order valence-electron chi connectivity index (χ3n) is 6.09. The van der Waals surface area contributed by atoms with Crippen LogP contribution in [0.5, 0.6) is 0 Å². The van der Waals surface area contributed by atoms with Crippen LogP contribution in [0.1, 0.15) is 62.0 Å². The number of amides is 1. The molecule has 0 radical (unpaired) electrons. The van der Waals surface area contributed by atoms with Gasteiger partial charge in [0.15, 0.2) is 9.84 Å². The van der Waals surface area contributed by atoms with Crippen LogP contribution in [0.15, 0.2) is 11.8 Å². The fourth-order valence-electron chi connectivity index (χ4n) is 4.50. The second-order valence-corrected chi connectivity index (χ2v) is 10.6. The predicted molar refractivity (Wildman–Crippen MR) is 114 cm³/mol. The van der Waals surface area contributed by atoms with E-state index in [0.29, 0.717) is 26.1 Å². The van der Waals surface area contributed by atoms with Gasteiger partial charge in [-0.3, -0.25) is 14.4 Å². The minimum Gasteiger partial charge on any atom is -0.316 e. The highest BCUT2D eigenvalue weighted by Gasteiger charge is 2.31. The maximum atomic E-state index is 12.9. The molecule has 2 aliphatic rings. The van der Waals surface area contributed by atoms with Gasteiger partial charge in [0.2, 0.25) is 5.91 Å². The number of aryl methyl sites for hydroxylation is 1. The minimum atomic E-state index is -2.95. The summed E-state index contributed by atoms with van der Waals surface area (Å²) in [4.78, 5) is 16.8. The Hall–Kier alpha value is -1.67. The molecular weight excluding hydrogens is 388 g/mol. The lowest BCUT2D eigenvalue weighted by molar-refractivity contribution is -0.130. The zero-order valence-corrected chi connectivity index (χ0v) is 19.0. The number of rotatable bonds is 7. The van der Waals surface area contributed by atoms with Gasteiger partial charge in [-0.05, 0) is 59.9 Å². The fourth-order valence-corrected chi connectivity index (χ4v) is 6.19. The van der Waals surface area contributed by atoms with Crippen molar-refractivity contribution in [1.29, 1.82) is 0 Å². The molecule has 0 spiro atoms. The highest BCUT2D eigenvalue weighted by molar-refractivity contribution is 7.91. The van der Waals surface area contributed by atoms with Crippen LogP contribution >= 0.6 is 0 Å². The van der Waals surface area contributed by atoms with Crippen molar-refractivity contribution in [2.45, 2.75) is 65.5 Å². The van der Waals surface area contributed by atoms with Crippen LogP contribution in [0.4, 0.5) is 0 Å². The van der Waals surface area contributed by atoms with Gasteiger partial charge in [-0.1, -0.05) is 6.08 Å². The van der Waals surface area contributed by atoms with E-state index in [2.05, 4.69) is 11.2 Å². The number of nitrogens with zero attached hydrogens (tertiary/aromatic N) is 4. The van der Waals surface area contributed by atoms with Crippen LogP contribution in [-0.2, 0) is 21.2 Å². The first-order chi connectivity index (χ1) is 13.7. The number of carbonyl (C=O) groups is 1. The SMILES string of the molecule is CCN(C(=O)CN(C)Cc1c(C)nn([C@H]2CCS(=O)(=O)C2)c1C)C1=CCCCC1. The first-order valence-electron chi connectivity index (χ1n) is 10.6. The maximum absolute atomic E-state index is 12.9. The Balaban J connectivity index is 1.66. The zero-order chi connectivity index (χ0) is 21.2. The Bertz CT molecular complexity index is 888. The van der Waals surface area contributed by atoms with E-state index in [4.69, 9.17) is 0 Å². The topological polar surface area (TPSA) is 75.5 Å². The Morgan fingerprint density at radius 3 is 2.66 bits per heavy atom. The Morgan fingerprint density at radius 2 is 2.07 bits per heavy atom.